The van der Waals surface area contributed by atoms with Crippen molar-refractivity contribution >= 4 is 11.7 Å². The summed E-state index contributed by atoms with van der Waals surface area (Å²) in [5.41, 5.74) is 0.677. The van der Waals surface area contributed by atoms with E-state index in [9.17, 15) is 4.79 Å². The standard InChI is InChI=1S/C13H16N2O3/c1-3-18-13(16)8-10(9-14)15-11-6-4-5-7-12(11)17-2/h4-7,10,15H,3,8H2,1-2H3. The Hall–Kier alpha value is -2.22. The maximum Gasteiger partial charge on any atom is 0.308 e. The summed E-state index contributed by atoms with van der Waals surface area (Å²) in [6, 6.07) is 8.60. The number of nitrogens with zero attached hydrogens (tertiary/aromatic N) is 1. The number of anilines is 1. The van der Waals surface area contributed by atoms with E-state index < -0.39 is 12.0 Å². The van der Waals surface area contributed by atoms with Crippen molar-refractivity contribution in [2.45, 2.75) is 19.4 Å². The first-order valence-corrected chi connectivity index (χ1v) is 5.66. The fourth-order valence-electron chi connectivity index (χ4n) is 1.47. The number of hydrogen-bond donors (Lipinski definition) is 1. The Bertz CT molecular complexity index is 440. The fraction of sp³-hybridized carbons (Fsp3) is 0.385. The van der Waals surface area contributed by atoms with Crippen molar-refractivity contribution in [3.05, 3.63) is 24.3 Å². The third-order valence-corrected chi connectivity index (χ3v) is 2.27. The number of nitrogens with one attached hydrogen (secondary N) is 1. The molecular weight excluding hydrogens is 232 g/mol. The van der Waals surface area contributed by atoms with Crippen LogP contribution in [0, 0.1) is 11.3 Å². The largest absolute Gasteiger partial charge is 0.495 e. The minimum Gasteiger partial charge on any atom is -0.495 e. The minimum atomic E-state index is -0.639. The average Bonchev–Trinajstić information content (AvgIpc) is 2.38. The van der Waals surface area contributed by atoms with Crippen molar-refractivity contribution in [1.29, 1.82) is 5.26 Å². The Kier molecular flexibility index (Phi) is 5.52. The molecule has 5 nitrogen and oxygen atoms in total. The summed E-state index contributed by atoms with van der Waals surface area (Å²) in [5, 5.41) is 12.0. The third kappa shape index (κ3) is 3.98. The maximum absolute atomic E-state index is 11.3. The van der Waals surface area contributed by atoms with E-state index in [1.165, 1.54) is 0 Å². The van der Waals surface area contributed by atoms with E-state index >= 15 is 0 Å². The van der Waals surface area contributed by atoms with Crippen molar-refractivity contribution in [2.24, 2.45) is 0 Å². The lowest BCUT2D eigenvalue weighted by Gasteiger charge is -2.14. The van der Waals surface area contributed by atoms with E-state index in [0.29, 0.717) is 18.0 Å². The molecule has 0 aromatic heterocycles. The number of ether oxygens (including phenoxy) is 2. The number of esters is 1. The molecule has 1 unspecified atom stereocenters. The quantitative estimate of drug-likeness (QED) is 0.779. The van der Waals surface area contributed by atoms with Crippen molar-refractivity contribution in [2.75, 3.05) is 19.0 Å². The van der Waals surface area contributed by atoms with Crippen LogP contribution >= 0.6 is 0 Å². The molecule has 18 heavy (non-hydrogen) atoms. The smallest absolute Gasteiger partial charge is 0.308 e. The molecule has 1 atom stereocenters. The normalized spacial score (nSPS) is 11.2. The first-order chi connectivity index (χ1) is 8.71. The molecule has 96 valence electrons. The first-order valence-electron chi connectivity index (χ1n) is 5.66. The van der Waals surface area contributed by atoms with Crippen LogP contribution in [-0.2, 0) is 9.53 Å². The second-order valence-electron chi connectivity index (χ2n) is 3.54. The molecule has 1 N–H and O–H groups in total. The summed E-state index contributed by atoms with van der Waals surface area (Å²) >= 11 is 0. The van der Waals surface area contributed by atoms with Crippen molar-refractivity contribution in [3.63, 3.8) is 0 Å². The van der Waals surface area contributed by atoms with E-state index in [4.69, 9.17) is 14.7 Å². The van der Waals surface area contributed by atoms with Crippen molar-refractivity contribution in [1.82, 2.24) is 0 Å². The zero-order valence-electron chi connectivity index (χ0n) is 10.5. The number of carbonyl (C=O) groups excluding carboxylic acids is 1. The molecular formula is C13H16N2O3. The molecule has 0 fully saturated rings. The summed E-state index contributed by atoms with van der Waals surface area (Å²) < 4.78 is 9.96. The van der Waals surface area contributed by atoms with Gasteiger partial charge in [-0.05, 0) is 19.1 Å². The number of hydrogen-bond acceptors (Lipinski definition) is 5. The zero-order chi connectivity index (χ0) is 13.4. The van der Waals surface area contributed by atoms with Gasteiger partial charge in [-0.1, -0.05) is 12.1 Å². The van der Waals surface area contributed by atoms with E-state index in [1.807, 2.05) is 18.2 Å². The predicted octanol–water partition coefficient (Wildman–Crippen LogP) is 1.95. The Morgan fingerprint density at radius 1 is 1.50 bits per heavy atom. The van der Waals surface area contributed by atoms with E-state index in [2.05, 4.69) is 5.32 Å². The van der Waals surface area contributed by atoms with Gasteiger partial charge < -0.3 is 14.8 Å². The van der Waals surface area contributed by atoms with E-state index in [0.717, 1.165) is 0 Å². The summed E-state index contributed by atoms with van der Waals surface area (Å²) in [6.07, 6.45) is 0.00237. The number of para-hydroxylation sites is 2. The van der Waals surface area contributed by atoms with Gasteiger partial charge in [-0.2, -0.15) is 5.26 Å². The lowest BCUT2D eigenvalue weighted by Crippen LogP contribution is -2.22. The van der Waals surface area contributed by atoms with Crippen LogP contribution in [0.5, 0.6) is 5.75 Å². The number of carbonyl (C=O) groups is 1. The fourth-order valence-corrected chi connectivity index (χ4v) is 1.47. The van der Waals surface area contributed by atoms with Gasteiger partial charge in [-0.3, -0.25) is 4.79 Å². The molecule has 1 rings (SSSR count). The number of rotatable bonds is 6. The Labute approximate surface area is 106 Å². The van der Waals surface area contributed by atoms with Crippen LogP contribution < -0.4 is 10.1 Å². The number of benzene rings is 1. The van der Waals surface area contributed by atoms with E-state index in [-0.39, 0.29) is 6.42 Å². The Balaban J connectivity index is 2.68. The van der Waals surface area contributed by atoms with Crippen LogP contribution in [-0.4, -0.2) is 25.7 Å². The van der Waals surface area contributed by atoms with Crippen molar-refractivity contribution < 1.29 is 14.3 Å². The number of nitriles is 1. The van der Waals surface area contributed by atoms with Crippen LogP contribution in [0.25, 0.3) is 0 Å². The minimum absolute atomic E-state index is 0.00237. The topological polar surface area (TPSA) is 71.4 Å². The van der Waals surface area contributed by atoms with Gasteiger partial charge in [0.25, 0.3) is 0 Å². The first kappa shape index (κ1) is 13.8. The zero-order valence-corrected chi connectivity index (χ0v) is 10.5. The molecule has 1 aromatic carbocycles. The van der Waals surface area contributed by atoms with Crippen LogP contribution in [0.1, 0.15) is 13.3 Å². The highest BCUT2D eigenvalue weighted by atomic mass is 16.5. The maximum atomic E-state index is 11.3. The van der Waals surface area contributed by atoms with Crippen LogP contribution in [0.3, 0.4) is 0 Å². The lowest BCUT2D eigenvalue weighted by molar-refractivity contribution is -0.143. The molecule has 0 aliphatic heterocycles. The monoisotopic (exact) mass is 248 g/mol. The Morgan fingerprint density at radius 3 is 2.83 bits per heavy atom. The predicted molar refractivity (Wildman–Crippen MR) is 67.3 cm³/mol. The summed E-state index contributed by atoms with van der Waals surface area (Å²) in [7, 11) is 1.55. The molecule has 0 spiro atoms. The number of methoxy groups -OCH3 is 1. The molecule has 1 aromatic rings. The van der Waals surface area contributed by atoms with Gasteiger partial charge in [0.15, 0.2) is 0 Å². The highest BCUT2D eigenvalue weighted by molar-refractivity contribution is 5.72. The van der Waals surface area contributed by atoms with Gasteiger partial charge in [0.2, 0.25) is 0 Å². The molecule has 0 heterocycles. The summed E-state index contributed by atoms with van der Waals surface area (Å²) in [4.78, 5) is 11.3. The molecule has 0 amide bonds. The van der Waals surface area contributed by atoms with Crippen LogP contribution in [0.4, 0.5) is 5.69 Å². The highest BCUT2D eigenvalue weighted by Gasteiger charge is 2.15. The van der Waals surface area contributed by atoms with Gasteiger partial charge >= 0.3 is 5.97 Å². The van der Waals surface area contributed by atoms with Crippen LogP contribution in [0.2, 0.25) is 0 Å². The van der Waals surface area contributed by atoms with Gasteiger partial charge in [0.05, 0.1) is 31.9 Å². The van der Waals surface area contributed by atoms with Crippen LogP contribution in [0.15, 0.2) is 24.3 Å². The second-order valence-corrected chi connectivity index (χ2v) is 3.54. The van der Waals surface area contributed by atoms with Gasteiger partial charge in [-0.15, -0.1) is 0 Å². The molecule has 0 aliphatic carbocycles. The molecule has 0 radical (unpaired) electrons. The third-order valence-electron chi connectivity index (χ3n) is 2.27. The molecule has 0 saturated heterocycles. The van der Waals surface area contributed by atoms with Gasteiger partial charge in [0.1, 0.15) is 11.8 Å². The van der Waals surface area contributed by atoms with E-state index in [1.54, 1.807) is 26.2 Å². The summed E-state index contributed by atoms with van der Waals surface area (Å²) in [6.45, 7) is 2.04. The molecule has 0 bridgehead atoms. The molecule has 0 saturated carbocycles. The summed E-state index contributed by atoms with van der Waals surface area (Å²) in [5.74, 6) is 0.230. The Morgan fingerprint density at radius 2 is 2.22 bits per heavy atom. The highest BCUT2D eigenvalue weighted by Crippen LogP contribution is 2.24. The van der Waals surface area contributed by atoms with Crippen molar-refractivity contribution in [3.8, 4) is 11.8 Å². The molecule has 0 aliphatic rings. The SMILES string of the molecule is CCOC(=O)CC(C#N)Nc1ccccc1OC. The molecule has 5 heteroatoms. The second kappa shape index (κ2) is 7.17. The van der Waals surface area contributed by atoms with Gasteiger partial charge in [0, 0.05) is 0 Å². The van der Waals surface area contributed by atoms with Gasteiger partial charge in [-0.25, -0.2) is 0 Å². The average molecular weight is 248 g/mol. The lowest BCUT2D eigenvalue weighted by atomic mass is 10.2.